The van der Waals surface area contributed by atoms with E-state index < -0.39 is 10.0 Å². The summed E-state index contributed by atoms with van der Waals surface area (Å²) in [4.78, 5) is 0. The molecule has 7 heteroatoms. The monoisotopic (exact) mass is 408 g/mol. The smallest absolute Gasteiger partial charge is 0.229 e. The Morgan fingerprint density at radius 3 is 2.65 bits per heavy atom. The Kier molecular flexibility index (Phi) is 4.41. The Morgan fingerprint density at radius 1 is 1.12 bits per heavy atom. The van der Waals surface area contributed by atoms with Crippen molar-refractivity contribution in [3.05, 3.63) is 69.7 Å². The van der Waals surface area contributed by atoms with E-state index in [9.17, 15) is 8.42 Å². The summed E-state index contributed by atoms with van der Waals surface area (Å²) in [6, 6.07) is 11.3. The minimum atomic E-state index is -3.31. The average Bonchev–Trinajstić information content (AvgIpc) is 3.03. The van der Waals surface area contributed by atoms with E-state index in [-0.39, 0.29) is 12.0 Å². The molecule has 136 valence electrons. The van der Waals surface area contributed by atoms with Crippen molar-refractivity contribution in [3.8, 4) is 0 Å². The van der Waals surface area contributed by atoms with Gasteiger partial charge in [-0.05, 0) is 53.8 Å². The van der Waals surface area contributed by atoms with Gasteiger partial charge in [-0.1, -0.05) is 41.4 Å². The number of hydrogen-bond donors (Lipinski definition) is 2. The highest BCUT2D eigenvalue weighted by Crippen LogP contribution is 2.51. The van der Waals surface area contributed by atoms with Gasteiger partial charge in [-0.2, -0.15) is 0 Å². The summed E-state index contributed by atoms with van der Waals surface area (Å²) in [5.41, 5.74) is 3.69. The molecule has 0 spiro atoms. The lowest BCUT2D eigenvalue weighted by Gasteiger charge is -2.38. The molecule has 0 fully saturated rings. The van der Waals surface area contributed by atoms with Crippen LogP contribution in [0.1, 0.15) is 29.5 Å². The lowest BCUT2D eigenvalue weighted by molar-refractivity contribution is 0.426. The average molecular weight is 409 g/mol. The van der Waals surface area contributed by atoms with E-state index in [2.05, 4.69) is 22.2 Å². The molecule has 2 aromatic carbocycles. The Hall–Kier alpha value is -1.69. The van der Waals surface area contributed by atoms with Crippen LogP contribution in [0.5, 0.6) is 0 Å². The number of nitrogens with one attached hydrogen (secondary N) is 2. The molecule has 0 bridgehead atoms. The van der Waals surface area contributed by atoms with E-state index in [1.165, 1.54) is 0 Å². The standard InChI is InChI=1S/C19H18Cl2N2O2S/c1-26(24,25)23-12-6-8-18-16(10-12)13-3-2-4-14(13)19(22-18)15-7-5-11(20)9-17(15)21/h2-3,5-10,13-14,19,22-23H,4H2,1H3. The largest absolute Gasteiger partial charge is 0.378 e. The zero-order valence-electron chi connectivity index (χ0n) is 14.0. The van der Waals surface area contributed by atoms with Crippen LogP contribution in [-0.2, 0) is 10.0 Å². The van der Waals surface area contributed by atoms with E-state index in [1.54, 1.807) is 12.1 Å². The first-order chi connectivity index (χ1) is 12.3. The highest BCUT2D eigenvalue weighted by Gasteiger charge is 2.38. The SMILES string of the molecule is CS(=O)(=O)Nc1ccc2c(c1)C1C=CCC1C(c1ccc(Cl)cc1Cl)N2. The molecule has 26 heavy (non-hydrogen) atoms. The number of anilines is 2. The number of halogens is 2. The van der Waals surface area contributed by atoms with Crippen molar-refractivity contribution >= 4 is 44.6 Å². The van der Waals surface area contributed by atoms with Gasteiger partial charge >= 0.3 is 0 Å². The molecule has 1 heterocycles. The van der Waals surface area contributed by atoms with Crippen molar-refractivity contribution in [3.63, 3.8) is 0 Å². The molecule has 1 aliphatic carbocycles. The van der Waals surface area contributed by atoms with E-state index in [4.69, 9.17) is 23.2 Å². The topological polar surface area (TPSA) is 58.2 Å². The molecule has 4 rings (SSSR count). The lowest BCUT2D eigenvalue weighted by Crippen LogP contribution is -2.29. The molecule has 0 saturated carbocycles. The van der Waals surface area contributed by atoms with Crippen molar-refractivity contribution in [2.45, 2.75) is 18.4 Å². The Labute approximate surface area is 163 Å². The first kappa shape index (κ1) is 17.7. The second kappa shape index (κ2) is 6.48. The van der Waals surface area contributed by atoms with Crippen molar-refractivity contribution in [2.24, 2.45) is 5.92 Å². The molecule has 2 aliphatic rings. The third-order valence-electron chi connectivity index (χ3n) is 4.96. The number of rotatable bonds is 3. The van der Waals surface area contributed by atoms with Crippen LogP contribution >= 0.6 is 23.2 Å². The number of sulfonamides is 1. The fourth-order valence-electron chi connectivity index (χ4n) is 3.93. The number of fused-ring (bicyclic) bond motifs is 3. The molecular formula is C19H18Cl2N2O2S. The Morgan fingerprint density at radius 2 is 1.92 bits per heavy atom. The number of hydrogen-bond acceptors (Lipinski definition) is 3. The van der Waals surface area contributed by atoms with E-state index in [0.29, 0.717) is 21.7 Å². The summed E-state index contributed by atoms with van der Waals surface area (Å²) >= 11 is 12.5. The first-order valence-electron chi connectivity index (χ1n) is 8.32. The molecule has 0 saturated heterocycles. The van der Waals surface area contributed by atoms with Gasteiger partial charge in [-0.15, -0.1) is 0 Å². The second-order valence-corrected chi connectivity index (χ2v) is 9.41. The van der Waals surface area contributed by atoms with Gasteiger partial charge in [0.25, 0.3) is 0 Å². The molecule has 0 amide bonds. The van der Waals surface area contributed by atoms with Crippen LogP contribution < -0.4 is 10.0 Å². The van der Waals surface area contributed by atoms with E-state index >= 15 is 0 Å². The van der Waals surface area contributed by atoms with Gasteiger partial charge in [-0.25, -0.2) is 8.42 Å². The third-order valence-corrected chi connectivity index (χ3v) is 6.13. The summed E-state index contributed by atoms with van der Waals surface area (Å²) in [5.74, 6) is 0.527. The van der Waals surface area contributed by atoms with Crippen molar-refractivity contribution < 1.29 is 8.42 Å². The second-order valence-electron chi connectivity index (χ2n) is 6.82. The Balaban J connectivity index is 1.74. The summed E-state index contributed by atoms with van der Waals surface area (Å²) in [6.07, 6.45) is 6.47. The van der Waals surface area contributed by atoms with Crippen molar-refractivity contribution in [1.82, 2.24) is 0 Å². The molecule has 2 aromatic rings. The van der Waals surface area contributed by atoms with E-state index in [0.717, 1.165) is 29.5 Å². The molecule has 0 radical (unpaired) electrons. The summed E-state index contributed by atoms with van der Waals surface area (Å²) in [6.45, 7) is 0. The van der Waals surface area contributed by atoms with Crippen LogP contribution in [0.2, 0.25) is 10.0 Å². The van der Waals surface area contributed by atoms with Crippen LogP contribution in [0, 0.1) is 5.92 Å². The maximum atomic E-state index is 11.5. The third kappa shape index (κ3) is 3.31. The van der Waals surface area contributed by atoms with Crippen LogP contribution in [-0.4, -0.2) is 14.7 Å². The van der Waals surface area contributed by atoms with Crippen LogP contribution in [0.25, 0.3) is 0 Å². The summed E-state index contributed by atoms with van der Waals surface area (Å²) < 4.78 is 25.6. The first-order valence-corrected chi connectivity index (χ1v) is 11.0. The predicted molar refractivity (Wildman–Crippen MR) is 108 cm³/mol. The van der Waals surface area contributed by atoms with Crippen molar-refractivity contribution in [2.75, 3.05) is 16.3 Å². The quantitative estimate of drug-likeness (QED) is 0.686. The molecule has 3 atom stereocenters. The van der Waals surface area contributed by atoms with Gasteiger partial charge in [-0.3, -0.25) is 4.72 Å². The van der Waals surface area contributed by atoms with Gasteiger partial charge in [0.05, 0.1) is 12.3 Å². The summed E-state index contributed by atoms with van der Waals surface area (Å²) in [5, 5.41) is 4.86. The van der Waals surface area contributed by atoms with Gasteiger partial charge in [0.2, 0.25) is 10.0 Å². The zero-order chi connectivity index (χ0) is 18.5. The minimum Gasteiger partial charge on any atom is -0.378 e. The Bertz CT molecular complexity index is 1000. The zero-order valence-corrected chi connectivity index (χ0v) is 16.4. The lowest BCUT2D eigenvalue weighted by atomic mass is 9.77. The normalized spacial score (nSPS) is 23.9. The highest BCUT2D eigenvalue weighted by molar-refractivity contribution is 7.92. The number of benzene rings is 2. The maximum absolute atomic E-state index is 11.5. The van der Waals surface area contributed by atoms with Crippen molar-refractivity contribution in [1.29, 1.82) is 0 Å². The minimum absolute atomic E-state index is 0.0704. The van der Waals surface area contributed by atoms with Gasteiger partial charge in [0.15, 0.2) is 0 Å². The summed E-state index contributed by atoms with van der Waals surface area (Å²) in [7, 11) is -3.31. The fraction of sp³-hybridized carbons (Fsp3) is 0.263. The maximum Gasteiger partial charge on any atom is 0.229 e. The molecule has 2 N–H and O–H groups in total. The van der Waals surface area contributed by atoms with Gasteiger partial charge in [0.1, 0.15) is 0 Å². The molecule has 0 aromatic heterocycles. The van der Waals surface area contributed by atoms with Crippen LogP contribution in [0.15, 0.2) is 48.6 Å². The molecule has 4 nitrogen and oxygen atoms in total. The van der Waals surface area contributed by atoms with Gasteiger partial charge < -0.3 is 5.32 Å². The predicted octanol–water partition coefficient (Wildman–Crippen LogP) is 5.19. The molecular weight excluding hydrogens is 391 g/mol. The van der Waals surface area contributed by atoms with Crippen LogP contribution in [0.3, 0.4) is 0 Å². The van der Waals surface area contributed by atoms with Gasteiger partial charge in [0, 0.05) is 27.3 Å². The van der Waals surface area contributed by atoms with Crippen LogP contribution in [0.4, 0.5) is 11.4 Å². The van der Waals surface area contributed by atoms with E-state index in [1.807, 2.05) is 24.3 Å². The highest BCUT2D eigenvalue weighted by atomic mass is 35.5. The molecule has 1 aliphatic heterocycles. The molecule has 3 unspecified atom stereocenters. The fourth-order valence-corrected chi connectivity index (χ4v) is 5.01. The number of allylic oxidation sites excluding steroid dienone is 2.